The fraction of sp³-hybridized carbons (Fsp3) is 0.562. The number of aromatic nitrogens is 1. The first-order valence-electron chi connectivity index (χ1n) is 7.72. The van der Waals surface area contributed by atoms with E-state index in [1.54, 1.807) is 0 Å². The highest BCUT2D eigenvalue weighted by Crippen LogP contribution is 2.31. The molecular formula is C16H21N3S. The summed E-state index contributed by atoms with van der Waals surface area (Å²) in [6, 6.07) is 9.30. The molecule has 1 saturated carbocycles. The van der Waals surface area contributed by atoms with Crippen LogP contribution in [-0.2, 0) is 0 Å². The van der Waals surface area contributed by atoms with Crippen LogP contribution in [0.3, 0.4) is 0 Å². The van der Waals surface area contributed by atoms with Gasteiger partial charge in [0, 0.05) is 19.1 Å². The van der Waals surface area contributed by atoms with Gasteiger partial charge in [0.15, 0.2) is 5.13 Å². The van der Waals surface area contributed by atoms with Gasteiger partial charge in [0.2, 0.25) is 0 Å². The summed E-state index contributed by atoms with van der Waals surface area (Å²) in [6.07, 6.45) is 5.39. The molecule has 2 heterocycles. The average molecular weight is 287 g/mol. The van der Waals surface area contributed by atoms with Gasteiger partial charge < -0.3 is 10.2 Å². The molecule has 4 heteroatoms. The molecule has 0 atom stereocenters. The molecule has 1 aliphatic heterocycles. The topological polar surface area (TPSA) is 28.2 Å². The van der Waals surface area contributed by atoms with E-state index in [0.29, 0.717) is 0 Å². The molecule has 20 heavy (non-hydrogen) atoms. The van der Waals surface area contributed by atoms with Crippen LogP contribution in [0.2, 0.25) is 0 Å². The van der Waals surface area contributed by atoms with E-state index in [4.69, 9.17) is 4.98 Å². The highest BCUT2D eigenvalue weighted by molar-refractivity contribution is 7.22. The van der Waals surface area contributed by atoms with E-state index in [1.807, 2.05) is 11.3 Å². The predicted octanol–water partition coefficient (Wildman–Crippen LogP) is 3.26. The van der Waals surface area contributed by atoms with Crippen molar-refractivity contribution in [3.8, 4) is 0 Å². The lowest BCUT2D eigenvalue weighted by atomic mass is 9.97. The summed E-state index contributed by atoms with van der Waals surface area (Å²) in [5.41, 5.74) is 1.14. The number of nitrogens with one attached hydrogen (secondary N) is 1. The maximum atomic E-state index is 4.77. The van der Waals surface area contributed by atoms with E-state index >= 15 is 0 Å². The molecule has 2 aromatic rings. The highest BCUT2D eigenvalue weighted by Gasteiger charge is 2.25. The quantitative estimate of drug-likeness (QED) is 0.935. The van der Waals surface area contributed by atoms with Crippen molar-refractivity contribution in [3.05, 3.63) is 24.3 Å². The van der Waals surface area contributed by atoms with Gasteiger partial charge in [-0.2, -0.15) is 0 Å². The van der Waals surface area contributed by atoms with Gasteiger partial charge in [0.05, 0.1) is 10.2 Å². The van der Waals surface area contributed by atoms with E-state index in [9.17, 15) is 0 Å². The van der Waals surface area contributed by atoms with Crippen LogP contribution >= 0.6 is 11.3 Å². The Morgan fingerprint density at radius 1 is 1.15 bits per heavy atom. The summed E-state index contributed by atoms with van der Waals surface area (Å²) < 4.78 is 1.31. The van der Waals surface area contributed by atoms with Crippen LogP contribution in [0.4, 0.5) is 5.13 Å². The van der Waals surface area contributed by atoms with Crippen LogP contribution < -0.4 is 10.2 Å². The minimum atomic E-state index is 0.845. The molecule has 3 nitrogen and oxygen atoms in total. The summed E-state index contributed by atoms with van der Waals surface area (Å²) in [6.45, 7) is 3.55. The van der Waals surface area contributed by atoms with Crippen molar-refractivity contribution in [2.45, 2.75) is 31.7 Å². The maximum absolute atomic E-state index is 4.77. The number of benzene rings is 1. The van der Waals surface area contributed by atoms with Crippen LogP contribution in [0.5, 0.6) is 0 Å². The molecule has 1 aromatic heterocycles. The SMILES string of the molecule is c1ccc2sc(N3CCC(CNC4CC4)CC3)nc2c1. The molecule has 1 aromatic carbocycles. The number of piperidine rings is 1. The Labute approximate surface area is 124 Å². The molecule has 0 radical (unpaired) electrons. The zero-order valence-electron chi connectivity index (χ0n) is 11.7. The molecule has 1 aliphatic carbocycles. The second-order valence-electron chi connectivity index (χ2n) is 6.08. The third kappa shape index (κ3) is 2.67. The summed E-state index contributed by atoms with van der Waals surface area (Å²) in [5, 5.41) is 4.88. The van der Waals surface area contributed by atoms with E-state index in [1.165, 1.54) is 42.1 Å². The standard InChI is InChI=1S/C16H21N3S/c1-2-4-15-14(3-1)18-16(20-15)19-9-7-12(8-10-19)11-17-13-5-6-13/h1-4,12-13,17H,5-11H2. The molecule has 4 rings (SSSR count). The average Bonchev–Trinajstić information content (AvgIpc) is 3.22. The Kier molecular flexibility index (Phi) is 3.36. The van der Waals surface area contributed by atoms with Crippen LogP contribution in [0.1, 0.15) is 25.7 Å². The lowest BCUT2D eigenvalue weighted by Gasteiger charge is -2.31. The lowest BCUT2D eigenvalue weighted by molar-refractivity contribution is 0.382. The van der Waals surface area contributed by atoms with Crippen molar-refractivity contribution in [2.75, 3.05) is 24.5 Å². The normalized spacial score (nSPS) is 20.7. The molecule has 0 amide bonds. The minimum absolute atomic E-state index is 0.845. The third-order valence-corrected chi connectivity index (χ3v) is 5.54. The van der Waals surface area contributed by atoms with Gasteiger partial charge in [-0.15, -0.1) is 0 Å². The van der Waals surface area contributed by atoms with E-state index < -0.39 is 0 Å². The van der Waals surface area contributed by atoms with Crippen molar-refractivity contribution >= 4 is 26.7 Å². The molecule has 106 valence electrons. The number of para-hydroxylation sites is 1. The Bertz CT molecular complexity index is 549. The van der Waals surface area contributed by atoms with Crippen molar-refractivity contribution < 1.29 is 0 Å². The smallest absolute Gasteiger partial charge is 0.186 e. The Hall–Kier alpha value is -1.13. The molecule has 1 saturated heterocycles. The Morgan fingerprint density at radius 2 is 1.95 bits per heavy atom. The number of hydrogen-bond acceptors (Lipinski definition) is 4. The molecule has 0 bridgehead atoms. The number of thiazole rings is 1. The van der Waals surface area contributed by atoms with E-state index in [0.717, 1.165) is 30.6 Å². The monoisotopic (exact) mass is 287 g/mol. The van der Waals surface area contributed by atoms with Crippen molar-refractivity contribution in [2.24, 2.45) is 5.92 Å². The second-order valence-corrected chi connectivity index (χ2v) is 7.09. The number of hydrogen-bond donors (Lipinski definition) is 1. The molecule has 1 N–H and O–H groups in total. The van der Waals surface area contributed by atoms with Gasteiger partial charge >= 0.3 is 0 Å². The fourth-order valence-corrected chi connectivity index (χ4v) is 3.96. The van der Waals surface area contributed by atoms with Gasteiger partial charge in [-0.3, -0.25) is 0 Å². The van der Waals surface area contributed by atoms with Crippen LogP contribution in [0.15, 0.2) is 24.3 Å². The molecular weight excluding hydrogens is 266 g/mol. The van der Waals surface area contributed by atoms with Crippen molar-refractivity contribution in [1.29, 1.82) is 0 Å². The minimum Gasteiger partial charge on any atom is -0.348 e. The zero-order chi connectivity index (χ0) is 13.4. The van der Waals surface area contributed by atoms with Crippen molar-refractivity contribution in [3.63, 3.8) is 0 Å². The van der Waals surface area contributed by atoms with Crippen LogP contribution in [-0.4, -0.2) is 30.7 Å². The van der Waals surface area contributed by atoms with Crippen LogP contribution in [0.25, 0.3) is 10.2 Å². The molecule has 0 spiro atoms. The molecule has 2 aliphatic rings. The molecule has 2 fully saturated rings. The Balaban J connectivity index is 1.37. The Morgan fingerprint density at radius 3 is 2.70 bits per heavy atom. The summed E-state index contributed by atoms with van der Waals surface area (Å²) in [7, 11) is 0. The van der Waals surface area contributed by atoms with Gasteiger partial charge in [0.25, 0.3) is 0 Å². The summed E-state index contributed by atoms with van der Waals surface area (Å²) in [4.78, 5) is 7.24. The first-order chi connectivity index (χ1) is 9.88. The maximum Gasteiger partial charge on any atom is 0.186 e. The van der Waals surface area contributed by atoms with E-state index in [2.05, 4.69) is 34.5 Å². The second kappa shape index (κ2) is 5.34. The number of rotatable bonds is 4. The fourth-order valence-electron chi connectivity index (χ4n) is 2.94. The third-order valence-electron chi connectivity index (χ3n) is 4.44. The summed E-state index contributed by atoms with van der Waals surface area (Å²) in [5.74, 6) is 0.862. The van der Waals surface area contributed by atoms with Gasteiger partial charge in [-0.25, -0.2) is 4.98 Å². The van der Waals surface area contributed by atoms with Gasteiger partial charge in [-0.05, 0) is 50.3 Å². The zero-order valence-corrected chi connectivity index (χ0v) is 12.5. The molecule has 0 unspecified atom stereocenters. The van der Waals surface area contributed by atoms with Crippen LogP contribution in [0, 0.1) is 5.92 Å². The number of anilines is 1. The van der Waals surface area contributed by atoms with E-state index in [-0.39, 0.29) is 0 Å². The first-order valence-corrected chi connectivity index (χ1v) is 8.54. The first kappa shape index (κ1) is 12.6. The number of fused-ring (bicyclic) bond motifs is 1. The predicted molar refractivity (Wildman–Crippen MR) is 85.6 cm³/mol. The van der Waals surface area contributed by atoms with Gasteiger partial charge in [0.1, 0.15) is 0 Å². The largest absolute Gasteiger partial charge is 0.348 e. The van der Waals surface area contributed by atoms with Crippen molar-refractivity contribution in [1.82, 2.24) is 10.3 Å². The highest BCUT2D eigenvalue weighted by atomic mass is 32.1. The van der Waals surface area contributed by atoms with Gasteiger partial charge in [-0.1, -0.05) is 23.5 Å². The number of nitrogens with zero attached hydrogens (tertiary/aromatic N) is 2. The lowest BCUT2D eigenvalue weighted by Crippen LogP contribution is -2.37. The summed E-state index contributed by atoms with van der Waals surface area (Å²) >= 11 is 1.83.